The minimum absolute atomic E-state index is 0.0171. The fraction of sp³-hybridized carbons (Fsp3) is 0.538. The van der Waals surface area contributed by atoms with Gasteiger partial charge in [0.25, 0.3) is 0 Å². The summed E-state index contributed by atoms with van der Waals surface area (Å²) in [5.74, 6) is -0.281. The molecule has 0 saturated heterocycles. The molecule has 0 aromatic rings. The van der Waals surface area contributed by atoms with E-state index < -0.39 is 0 Å². The molecule has 0 bridgehead atoms. The second-order valence-electron chi connectivity index (χ2n) is 4.86. The standard InChI is InChI=1S/C13H19NO2/c1-5-12(16)14-11-6-10(8-15)9(2)7-13(11,3)4/h6,8,10H,2,5,7H2,1,3-4H3,(H,14,16). The number of allylic oxidation sites excluding steroid dienone is 3. The van der Waals surface area contributed by atoms with Gasteiger partial charge >= 0.3 is 0 Å². The van der Waals surface area contributed by atoms with Crippen LogP contribution in [0.25, 0.3) is 0 Å². The maximum absolute atomic E-state index is 11.4. The molecule has 0 aromatic carbocycles. The molecule has 1 unspecified atom stereocenters. The smallest absolute Gasteiger partial charge is 0.223 e. The molecule has 1 aliphatic carbocycles. The van der Waals surface area contributed by atoms with Gasteiger partial charge in [0.15, 0.2) is 0 Å². The third-order valence-electron chi connectivity index (χ3n) is 2.96. The van der Waals surface area contributed by atoms with Gasteiger partial charge in [0.05, 0.1) is 5.92 Å². The van der Waals surface area contributed by atoms with Crippen molar-refractivity contribution in [2.45, 2.75) is 33.6 Å². The van der Waals surface area contributed by atoms with Crippen molar-refractivity contribution in [3.63, 3.8) is 0 Å². The third-order valence-corrected chi connectivity index (χ3v) is 2.96. The number of aldehydes is 1. The highest BCUT2D eigenvalue weighted by Gasteiger charge is 2.32. The van der Waals surface area contributed by atoms with Crippen LogP contribution in [0, 0.1) is 11.3 Å². The van der Waals surface area contributed by atoms with E-state index in [2.05, 4.69) is 11.9 Å². The number of nitrogens with one attached hydrogen (secondary N) is 1. The Morgan fingerprint density at radius 3 is 2.81 bits per heavy atom. The first kappa shape index (κ1) is 12.7. The predicted octanol–water partition coefficient (Wildman–Crippen LogP) is 2.20. The van der Waals surface area contributed by atoms with Gasteiger partial charge in [-0.15, -0.1) is 0 Å². The summed E-state index contributed by atoms with van der Waals surface area (Å²) in [5.41, 5.74) is 1.60. The number of rotatable bonds is 3. The highest BCUT2D eigenvalue weighted by molar-refractivity contribution is 5.78. The van der Waals surface area contributed by atoms with Crippen LogP contribution in [-0.2, 0) is 9.59 Å². The topological polar surface area (TPSA) is 46.2 Å². The Kier molecular flexibility index (Phi) is 3.68. The molecule has 16 heavy (non-hydrogen) atoms. The molecule has 0 spiro atoms. The summed E-state index contributed by atoms with van der Waals surface area (Å²) in [4.78, 5) is 22.2. The zero-order valence-electron chi connectivity index (χ0n) is 10.2. The normalized spacial score (nSPS) is 23.6. The number of carbonyl (C=O) groups excluding carboxylic acids is 2. The molecule has 0 aromatic heterocycles. The monoisotopic (exact) mass is 221 g/mol. The molecule has 3 nitrogen and oxygen atoms in total. The molecule has 0 heterocycles. The second kappa shape index (κ2) is 4.64. The van der Waals surface area contributed by atoms with Gasteiger partial charge in [-0.25, -0.2) is 0 Å². The summed E-state index contributed by atoms with van der Waals surface area (Å²) in [6.45, 7) is 9.80. The number of hydrogen-bond donors (Lipinski definition) is 1. The minimum atomic E-state index is -0.264. The van der Waals surface area contributed by atoms with Crippen LogP contribution in [0.15, 0.2) is 23.9 Å². The Bertz CT molecular complexity index is 353. The molecule has 1 aliphatic rings. The molecule has 0 fully saturated rings. The molecular formula is C13H19NO2. The molecule has 1 amide bonds. The fourth-order valence-electron chi connectivity index (χ4n) is 1.89. The van der Waals surface area contributed by atoms with Crippen molar-refractivity contribution in [2.75, 3.05) is 0 Å². The Hall–Kier alpha value is -1.38. The summed E-state index contributed by atoms with van der Waals surface area (Å²) in [6.07, 6.45) is 3.86. The van der Waals surface area contributed by atoms with E-state index in [1.54, 1.807) is 0 Å². The molecule has 1 rings (SSSR count). The van der Waals surface area contributed by atoms with E-state index in [9.17, 15) is 9.59 Å². The summed E-state index contributed by atoms with van der Waals surface area (Å²) >= 11 is 0. The minimum Gasteiger partial charge on any atom is -0.330 e. The molecule has 0 aliphatic heterocycles. The Morgan fingerprint density at radius 2 is 2.31 bits per heavy atom. The van der Waals surface area contributed by atoms with Crippen LogP contribution in [0.3, 0.4) is 0 Å². The summed E-state index contributed by atoms with van der Waals surface area (Å²) in [7, 11) is 0. The maximum Gasteiger partial charge on any atom is 0.223 e. The molecule has 1 atom stereocenters. The average Bonchev–Trinajstić information content (AvgIpc) is 2.21. The average molecular weight is 221 g/mol. The molecule has 0 radical (unpaired) electrons. The van der Waals surface area contributed by atoms with Crippen LogP contribution in [0.2, 0.25) is 0 Å². The van der Waals surface area contributed by atoms with Gasteiger partial charge in [-0.3, -0.25) is 4.79 Å². The highest BCUT2D eigenvalue weighted by atomic mass is 16.1. The van der Waals surface area contributed by atoms with Crippen molar-refractivity contribution in [3.05, 3.63) is 23.9 Å². The van der Waals surface area contributed by atoms with Crippen molar-refractivity contribution >= 4 is 12.2 Å². The van der Waals surface area contributed by atoms with Crippen molar-refractivity contribution < 1.29 is 9.59 Å². The Labute approximate surface area is 96.6 Å². The van der Waals surface area contributed by atoms with Gasteiger partial charge in [0.2, 0.25) is 5.91 Å². The van der Waals surface area contributed by atoms with Gasteiger partial charge in [0.1, 0.15) is 6.29 Å². The summed E-state index contributed by atoms with van der Waals surface area (Å²) < 4.78 is 0. The van der Waals surface area contributed by atoms with Gasteiger partial charge in [-0.2, -0.15) is 0 Å². The Balaban J connectivity index is 2.97. The van der Waals surface area contributed by atoms with Crippen LogP contribution >= 0.6 is 0 Å². The van der Waals surface area contributed by atoms with Crippen molar-refractivity contribution in [3.8, 4) is 0 Å². The van der Waals surface area contributed by atoms with E-state index in [1.807, 2.05) is 26.8 Å². The quantitative estimate of drug-likeness (QED) is 0.586. The van der Waals surface area contributed by atoms with Crippen LogP contribution in [0.1, 0.15) is 33.6 Å². The summed E-state index contributed by atoms with van der Waals surface area (Å²) in [5, 5.41) is 2.87. The van der Waals surface area contributed by atoms with Crippen molar-refractivity contribution in [1.82, 2.24) is 5.32 Å². The van der Waals surface area contributed by atoms with Crippen LogP contribution in [0.5, 0.6) is 0 Å². The lowest BCUT2D eigenvalue weighted by Gasteiger charge is -2.35. The SMILES string of the molecule is C=C1CC(C)(C)C(NC(=O)CC)=CC1C=O. The predicted molar refractivity (Wildman–Crippen MR) is 63.6 cm³/mol. The highest BCUT2D eigenvalue weighted by Crippen LogP contribution is 2.39. The molecule has 1 N–H and O–H groups in total. The first-order chi connectivity index (χ1) is 7.40. The van der Waals surface area contributed by atoms with Gasteiger partial charge < -0.3 is 10.1 Å². The Morgan fingerprint density at radius 1 is 1.69 bits per heavy atom. The van der Waals surface area contributed by atoms with Crippen molar-refractivity contribution in [2.24, 2.45) is 11.3 Å². The lowest BCUT2D eigenvalue weighted by Crippen LogP contribution is -2.35. The molecular weight excluding hydrogens is 202 g/mol. The number of carbonyl (C=O) groups is 2. The molecule has 0 saturated carbocycles. The lowest BCUT2D eigenvalue weighted by atomic mass is 9.74. The largest absolute Gasteiger partial charge is 0.330 e. The number of amides is 1. The van der Waals surface area contributed by atoms with Crippen LogP contribution in [-0.4, -0.2) is 12.2 Å². The molecule has 88 valence electrons. The van der Waals surface area contributed by atoms with E-state index in [0.717, 1.165) is 24.0 Å². The fourth-order valence-corrected chi connectivity index (χ4v) is 1.89. The maximum atomic E-state index is 11.4. The first-order valence-electron chi connectivity index (χ1n) is 5.56. The van der Waals surface area contributed by atoms with E-state index in [0.29, 0.717) is 6.42 Å². The third kappa shape index (κ3) is 2.60. The zero-order chi connectivity index (χ0) is 12.3. The van der Waals surface area contributed by atoms with Gasteiger partial charge in [-0.1, -0.05) is 39.0 Å². The van der Waals surface area contributed by atoms with Gasteiger partial charge in [0, 0.05) is 17.5 Å². The molecule has 3 heteroatoms. The second-order valence-corrected chi connectivity index (χ2v) is 4.86. The van der Waals surface area contributed by atoms with Crippen molar-refractivity contribution in [1.29, 1.82) is 0 Å². The first-order valence-corrected chi connectivity index (χ1v) is 5.56. The van der Waals surface area contributed by atoms with Crippen LogP contribution < -0.4 is 5.32 Å². The zero-order valence-corrected chi connectivity index (χ0v) is 10.2. The van der Waals surface area contributed by atoms with Crippen LogP contribution in [0.4, 0.5) is 0 Å². The lowest BCUT2D eigenvalue weighted by molar-refractivity contribution is -0.120. The summed E-state index contributed by atoms with van der Waals surface area (Å²) in [6, 6.07) is 0. The van der Waals surface area contributed by atoms with E-state index in [1.165, 1.54) is 0 Å². The number of hydrogen-bond acceptors (Lipinski definition) is 2. The van der Waals surface area contributed by atoms with E-state index >= 15 is 0 Å². The van der Waals surface area contributed by atoms with E-state index in [-0.39, 0.29) is 17.2 Å². The van der Waals surface area contributed by atoms with Gasteiger partial charge in [-0.05, 0) is 6.42 Å². The van der Waals surface area contributed by atoms with E-state index in [4.69, 9.17) is 0 Å².